The van der Waals surface area contributed by atoms with Gasteiger partial charge in [-0.15, -0.1) is 11.3 Å². The Labute approximate surface area is 161 Å². The molecule has 1 amide bonds. The predicted molar refractivity (Wildman–Crippen MR) is 107 cm³/mol. The number of nitrogens with zero attached hydrogens (tertiary/aromatic N) is 1. The molecule has 0 bridgehead atoms. The molecule has 2 rings (SSSR count). The fourth-order valence-corrected chi connectivity index (χ4v) is 3.96. The quantitative estimate of drug-likeness (QED) is 0.547. The van der Waals surface area contributed by atoms with E-state index >= 15 is 0 Å². The second-order valence-electron chi connectivity index (χ2n) is 6.21. The zero-order valence-electron chi connectivity index (χ0n) is 14.4. The van der Waals surface area contributed by atoms with Gasteiger partial charge >= 0.3 is 6.09 Å². The maximum absolute atomic E-state index is 12.0. The lowest BCUT2D eigenvalue weighted by Gasteiger charge is -2.31. The highest BCUT2D eigenvalue weighted by atomic mass is 79.9. The Hall–Kier alpha value is -1.37. The van der Waals surface area contributed by atoms with Crippen LogP contribution in [0.2, 0.25) is 0 Å². The lowest BCUT2D eigenvalue weighted by Crippen LogP contribution is -2.36. The van der Waals surface area contributed by atoms with E-state index in [2.05, 4.69) is 22.9 Å². The molecule has 0 spiro atoms. The number of rotatable bonds is 9. The van der Waals surface area contributed by atoms with Crippen LogP contribution in [0, 0.1) is 0 Å². The van der Waals surface area contributed by atoms with Gasteiger partial charge in [0.25, 0.3) is 0 Å². The summed E-state index contributed by atoms with van der Waals surface area (Å²) >= 11 is 5.00. The molecule has 0 saturated heterocycles. The van der Waals surface area contributed by atoms with Crippen LogP contribution in [0.4, 0.5) is 4.79 Å². The van der Waals surface area contributed by atoms with Crippen molar-refractivity contribution in [1.82, 2.24) is 4.90 Å². The molecule has 1 aromatic carbocycles. The Morgan fingerprint density at radius 3 is 2.60 bits per heavy atom. The lowest BCUT2D eigenvalue weighted by atomic mass is 10.00. The topological polar surface area (TPSA) is 66.6 Å². The van der Waals surface area contributed by atoms with Crippen LogP contribution in [0.1, 0.15) is 49.1 Å². The molecule has 2 atom stereocenters. The van der Waals surface area contributed by atoms with E-state index in [0.29, 0.717) is 13.0 Å². The van der Waals surface area contributed by atoms with E-state index in [1.54, 1.807) is 11.3 Å². The summed E-state index contributed by atoms with van der Waals surface area (Å²) < 4.78 is 0.981. The summed E-state index contributed by atoms with van der Waals surface area (Å²) in [5.41, 5.74) is 7.26. The van der Waals surface area contributed by atoms with Crippen LogP contribution < -0.4 is 5.73 Å². The second kappa shape index (κ2) is 9.94. The Morgan fingerprint density at radius 2 is 2.04 bits per heavy atom. The normalized spacial score (nSPS) is 13.4. The fourth-order valence-electron chi connectivity index (χ4n) is 2.85. The molecule has 1 unspecified atom stereocenters. The molecule has 0 aliphatic rings. The predicted octanol–water partition coefficient (Wildman–Crippen LogP) is 5.64. The monoisotopic (exact) mass is 424 g/mol. The number of halogens is 1. The van der Waals surface area contributed by atoms with Gasteiger partial charge < -0.3 is 10.8 Å². The number of nitrogens with two attached hydrogens (primary N) is 1. The zero-order valence-corrected chi connectivity index (χ0v) is 16.8. The summed E-state index contributed by atoms with van der Waals surface area (Å²) in [5, 5.41) is 11.8. The summed E-state index contributed by atoms with van der Waals surface area (Å²) in [6.07, 6.45) is 2.81. The molecule has 0 fully saturated rings. The highest BCUT2D eigenvalue weighted by molar-refractivity contribution is 9.10. The maximum atomic E-state index is 12.0. The minimum Gasteiger partial charge on any atom is -0.465 e. The van der Waals surface area contributed by atoms with Crippen LogP contribution >= 0.6 is 27.3 Å². The van der Waals surface area contributed by atoms with Crippen molar-refractivity contribution in [3.63, 3.8) is 0 Å². The Morgan fingerprint density at radius 1 is 1.32 bits per heavy atom. The first-order valence-corrected chi connectivity index (χ1v) is 10.2. The smallest absolute Gasteiger partial charge is 0.408 e. The van der Waals surface area contributed by atoms with Crippen molar-refractivity contribution >= 4 is 33.4 Å². The van der Waals surface area contributed by atoms with Crippen LogP contribution in [0.3, 0.4) is 0 Å². The van der Waals surface area contributed by atoms with E-state index in [-0.39, 0.29) is 12.1 Å². The van der Waals surface area contributed by atoms with E-state index in [1.807, 2.05) is 41.8 Å². The highest BCUT2D eigenvalue weighted by Crippen LogP contribution is 2.31. The molecule has 0 aliphatic carbocycles. The lowest BCUT2D eigenvalue weighted by molar-refractivity contribution is 0.115. The zero-order chi connectivity index (χ0) is 18.2. The van der Waals surface area contributed by atoms with Crippen molar-refractivity contribution in [2.75, 3.05) is 0 Å². The molecule has 3 N–H and O–H groups in total. The minimum atomic E-state index is -0.913. The first kappa shape index (κ1) is 19.9. The molecule has 0 aliphatic heterocycles. The second-order valence-corrected chi connectivity index (χ2v) is 8.10. The van der Waals surface area contributed by atoms with Gasteiger partial charge in [-0.05, 0) is 42.0 Å². The SMILES string of the molecule is CCCC[C@H](N)CC(c1cccs1)N(Cc1ccc(Br)cc1)C(=O)O. The van der Waals surface area contributed by atoms with Gasteiger partial charge in [0.05, 0.1) is 6.04 Å². The van der Waals surface area contributed by atoms with Crippen molar-refractivity contribution in [3.05, 3.63) is 56.7 Å². The van der Waals surface area contributed by atoms with Crippen LogP contribution in [0.25, 0.3) is 0 Å². The van der Waals surface area contributed by atoms with E-state index < -0.39 is 6.09 Å². The van der Waals surface area contributed by atoms with Crippen molar-refractivity contribution in [2.24, 2.45) is 5.73 Å². The molecule has 4 nitrogen and oxygen atoms in total. The standard InChI is InChI=1S/C19H25BrN2O2S/c1-2-3-5-16(21)12-17(18-6-4-11-25-18)22(19(23)24)13-14-7-9-15(20)10-8-14/h4,6-11,16-17H,2-3,5,12-13,21H2,1H3,(H,23,24)/t16-,17?/m0/s1. The molecular formula is C19H25BrN2O2S. The van der Waals surface area contributed by atoms with Crippen LogP contribution in [0.15, 0.2) is 46.3 Å². The number of carbonyl (C=O) groups is 1. The number of hydrogen-bond donors (Lipinski definition) is 2. The summed E-state index contributed by atoms with van der Waals surface area (Å²) in [5.74, 6) is 0. The van der Waals surface area contributed by atoms with Gasteiger partial charge in [-0.1, -0.05) is 53.9 Å². The fraction of sp³-hybridized carbons (Fsp3) is 0.421. The van der Waals surface area contributed by atoms with E-state index in [0.717, 1.165) is 34.2 Å². The van der Waals surface area contributed by atoms with E-state index in [4.69, 9.17) is 5.73 Å². The van der Waals surface area contributed by atoms with Gasteiger partial charge in [0.2, 0.25) is 0 Å². The molecule has 6 heteroatoms. The Balaban J connectivity index is 2.21. The highest BCUT2D eigenvalue weighted by Gasteiger charge is 2.27. The third-order valence-corrected chi connectivity index (χ3v) is 5.72. The maximum Gasteiger partial charge on any atom is 0.408 e. The van der Waals surface area contributed by atoms with Crippen LogP contribution in [0.5, 0.6) is 0 Å². The van der Waals surface area contributed by atoms with Crippen LogP contribution in [-0.4, -0.2) is 22.1 Å². The molecule has 1 aromatic heterocycles. The largest absolute Gasteiger partial charge is 0.465 e. The van der Waals surface area contributed by atoms with Gasteiger partial charge in [-0.2, -0.15) is 0 Å². The first-order valence-electron chi connectivity index (χ1n) is 8.54. The third-order valence-electron chi connectivity index (χ3n) is 4.21. The Bertz CT molecular complexity index is 646. The first-order chi connectivity index (χ1) is 12.0. The van der Waals surface area contributed by atoms with Crippen molar-refractivity contribution in [1.29, 1.82) is 0 Å². The molecule has 2 aromatic rings. The average molecular weight is 425 g/mol. The average Bonchev–Trinajstić information content (AvgIpc) is 3.12. The van der Waals surface area contributed by atoms with Gasteiger partial charge in [0.15, 0.2) is 0 Å². The number of carboxylic acid groups (broad SMARTS) is 1. The van der Waals surface area contributed by atoms with Crippen molar-refractivity contribution in [3.8, 4) is 0 Å². The summed E-state index contributed by atoms with van der Waals surface area (Å²) in [6, 6.07) is 11.5. The summed E-state index contributed by atoms with van der Waals surface area (Å²) in [6.45, 7) is 2.49. The van der Waals surface area contributed by atoms with Crippen molar-refractivity contribution < 1.29 is 9.90 Å². The van der Waals surface area contributed by atoms with Gasteiger partial charge in [0, 0.05) is 21.9 Å². The van der Waals surface area contributed by atoms with E-state index in [1.165, 1.54) is 4.90 Å². The molecule has 0 radical (unpaired) electrons. The third kappa shape index (κ3) is 6.13. The minimum absolute atomic E-state index is 0.00109. The van der Waals surface area contributed by atoms with Crippen LogP contribution in [-0.2, 0) is 6.54 Å². The number of unbranched alkanes of at least 4 members (excludes halogenated alkanes) is 1. The number of thiophene rings is 1. The van der Waals surface area contributed by atoms with Crippen molar-refractivity contribution in [2.45, 2.75) is 51.2 Å². The summed E-state index contributed by atoms with van der Waals surface area (Å²) in [4.78, 5) is 14.5. The van der Waals surface area contributed by atoms with Gasteiger partial charge in [-0.25, -0.2) is 4.79 Å². The molecular weight excluding hydrogens is 400 g/mol. The number of benzene rings is 1. The van der Waals surface area contributed by atoms with Gasteiger partial charge in [-0.3, -0.25) is 4.90 Å². The molecule has 136 valence electrons. The molecule has 25 heavy (non-hydrogen) atoms. The molecule has 1 heterocycles. The van der Waals surface area contributed by atoms with Gasteiger partial charge in [0.1, 0.15) is 0 Å². The molecule has 0 saturated carbocycles. The number of hydrogen-bond acceptors (Lipinski definition) is 3. The summed E-state index contributed by atoms with van der Waals surface area (Å²) in [7, 11) is 0. The number of amides is 1. The Kier molecular flexibility index (Phi) is 7.93. The van der Waals surface area contributed by atoms with E-state index in [9.17, 15) is 9.90 Å².